The number of carbonyl (C=O) groups is 4. The number of unbranched alkanes of at least 4 members (excludes halogenated alkanes) is 20. The lowest BCUT2D eigenvalue weighted by molar-refractivity contribution is 0.0450. The van der Waals surface area contributed by atoms with Gasteiger partial charge in [-0.05, 0) is 49.9 Å². The van der Waals surface area contributed by atoms with E-state index in [1.54, 1.807) is 48.5 Å². The quantitative estimate of drug-likeness (QED) is 0.0410. The van der Waals surface area contributed by atoms with Crippen LogP contribution in [0.15, 0.2) is 48.5 Å². The predicted molar refractivity (Wildman–Crippen MR) is 228 cm³/mol. The van der Waals surface area contributed by atoms with E-state index < -0.39 is 23.9 Å². The Labute approximate surface area is 340 Å². The Morgan fingerprint density at radius 3 is 0.732 bits per heavy atom. The Bertz CT molecular complexity index is 1210. The van der Waals surface area contributed by atoms with Crippen LogP contribution in [0.25, 0.3) is 0 Å². The maximum atomic E-state index is 12.6. The summed E-state index contributed by atoms with van der Waals surface area (Å²) in [6.07, 6.45) is 28.3. The molecule has 316 valence electrons. The minimum absolute atomic E-state index is 0.269. The van der Waals surface area contributed by atoms with Crippen molar-refractivity contribution in [3.8, 4) is 0 Å². The molecule has 0 bridgehead atoms. The lowest BCUT2D eigenvalue weighted by atomic mass is 10.1. The first kappa shape index (κ1) is 50.3. The van der Waals surface area contributed by atoms with Crippen molar-refractivity contribution in [2.45, 2.75) is 182 Å². The molecule has 0 N–H and O–H groups in total. The summed E-state index contributed by atoms with van der Waals surface area (Å²) in [6.45, 7) is 10.1. The lowest BCUT2D eigenvalue weighted by Gasteiger charge is -2.10. The molecule has 2 aromatic carbocycles. The molecule has 0 unspecified atom stereocenters. The second-order valence-corrected chi connectivity index (χ2v) is 14.7. The van der Waals surface area contributed by atoms with Gasteiger partial charge >= 0.3 is 23.9 Å². The normalized spacial score (nSPS) is 10.6. The zero-order valence-electron chi connectivity index (χ0n) is 35.7. The van der Waals surface area contributed by atoms with Crippen LogP contribution in [0, 0.1) is 0 Å². The summed E-state index contributed by atoms with van der Waals surface area (Å²) in [6, 6.07) is 13.4. The number of hydrogen-bond donors (Lipinski definition) is 0. The first-order valence-corrected chi connectivity index (χ1v) is 22.3. The monoisotopic (exact) mass is 781 g/mol. The number of rotatable bonds is 32. The summed E-state index contributed by atoms with van der Waals surface area (Å²) in [5.74, 6) is -1.81. The van der Waals surface area contributed by atoms with E-state index in [4.69, 9.17) is 18.9 Å². The van der Waals surface area contributed by atoms with Gasteiger partial charge in [-0.1, -0.05) is 180 Å². The molecule has 0 aliphatic heterocycles. The van der Waals surface area contributed by atoms with E-state index in [0.29, 0.717) is 37.6 Å². The fraction of sp³-hybridized carbons (Fsp3) is 0.667. The van der Waals surface area contributed by atoms with E-state index in [2.05, 4.69) is 13.8 Å². The Hall–Kier alpha value is -3.68. The Kier molecular flexibility index (Phi) is 32.1. The smallest absolute Gasteiger partial charge is 0.339 e. The minimum atomic E-state index is -0.471. The lowest BCUT2D eigenvalue weighted by Crippen LogP contribution is -2.15. The molecule has 0 aliphatic carbocycles. The number of hydrogen-bond acceptors (Lipinski definition) is 8. The van der Waals surface area contributed by atoms with Crippen molar-refractivity contribution in [3.05, 3.63) is 70.8 Å². The molecule has 2 aromatic rings. The summed E-state index contributed by atoms with van der Waals surface area (Å²) in [5, 5.41) is 0. The van der Waals surface area contributed by atoms with Gasteiger partial charge in [-0.25, -0.2) is 19.2 Å². The van der Waals surface area contributed by atoms with Crippen LogP contribution in [-0.2, 0) is 18.9 Å². The van der Waals surface area contributed by atoms with Crippen LogP contribution in [0.5, 0.6) is 0 Å². The molecular weight excluding hydrogens is 705 g/mol. The van der Waals surface area contributed by atoms with Gasteiger partial charge in [0.1, 0.15) is 0 Å². The minimum Gasteiger partial charge on any atom is -0.462 e. The van der Waals surface area contributed by atoms with Gasteiger partial charge in [-0.2, -0.15) is 0 Å². The van der Waals surface area contributed by atoms with Gasteiger partial charge < -0.3 is 18.9 Å². The van der Waals surface area contributed by atoms with Gasteiger partial charge in [0, 0.05) is 0 Å². The van der Waals surface area contributed by atoms with Crippen LogP contribution in [0.3, 0.4) is 0 Å². The predicted octanol–water partition coefficient (Wildman–Crippen LogP) is 13.4. The highest BCUT2D eigenvalue weighted by Gasteiger charge is 2.20. The average Bonchev–Trinajstić information content (AvgIpc) is 3.22. The highest BCUT2D eigenvalue weighted by atomic mass is 16.5. The first-order valence-electron chi connectivity index (χ1n) is 22.3. The first-order chi connectivity index (χ1) is 27.4. The van der Waals surface area contributed by atoms with E-state index in [0.717, 1.165) is 51.4 Å². The van der Waals surface area contributed by atoms with Gasteiger partial charge in [-0.3, -0.25) is 0 Å². The van der Waals surface area contributed by atoms with Crippen molar-refractivity contribution in [3.63, 3.8) is 0 Å². The molecule has 0 saturated carbocycles. The third-order valence-electron chi connectivity index (χ3n) is 9.66. The van der Waals surface area contributed by atoms with Crippen molar-refractivity contribution in [2.24, 2.45) is 0 Å². The zero-order chi connectivity index (χ0) is 40.9. The van der Waals surface area contributed by atoms with Crippen LogP contribution in [0.1, 0.15) is 223 Å². The molecule has 8 nitrogen and oxygen atoms in total. The van der Waals surface area contributed by atoms with E-state index in [1.807, 2.05) is 13.8 Å². The van der Waals surface area contributed by atoms with Crippen molar-refractivity contribution in [1.82, 2.24) is 0 Å². The maximum Gasteiger partial charge on any atom is 0.339 e. The van der Waals surface area contributed by atoms with Crippen LogP contribution in [0.2, 0.25) is 0 Å². The average molecular weight is 781 g/mol. The summed E-state index contributed by atoms with van der Waals surface area (Å²) in [5.41, 5.74) is 1.14. The van der Waals surface area contributed by atoms with Crippen molar-refractivity contribution < 1.29 is 38.1 Å². The summed E-state index contributed by atoms with van der Waals surface area (Å²) in [4.78, 5) is 49.0. The Morgan fingerprint density at radius 2 is 0.500 bits per heavy atom. The number of benzene rings is 2. The Morgan fingerprint density at radius 1 is 0.304 bits per heavy atom. The van der Waals surface area contributed by atoms with Crippen molar-refractivity contribution >= 4 is 23.9 Å². The molecule has 8 heteroatoms. The Balaban J connectivity index is 0.000000660. The van der Waals surface area contributed by atoms with E-state index in [9.17, 15) is 19.2 Å². The molecule has 0 aliphatic rings. The SMILES string of the molecule is CCCCCCCCCCCCOC(=O)c1ccccc1C(=O)OCCCCCCCCCCCC.CCCCOC(=O)c1ccccc1C(=O)OCCCC. The van der Waals surface area contributed by atoms with Crippen LogP contribution in [0.4, 0.5) is 0 Å². The molecule has 0 radical (unpaired) electrons. The number of carbonyl (C=O) groups excluding carboxylic acids is 4. The second kappa shape index (κ2) is 35.7. The van der Waals surface area contributed by atoms with E-state index in [1.165, 1.54) is 103 Å². The third kappa shape index (κ3) is 24.8. The van der Waals surface area contributed by atoms with Crippen molar-refractivity contribution in [2.75, 3.05) is 26.4 Å². The summed E-state index contributed by atoms with van der Waals surface area (Å²) in [7, 11) is 0. The summed E-state index contributed by atoms with van der Waals surface area (Å²) >= 11 is 0. The molecule has 0 amide bonds. The van der Waals surface area contributed by atoms with Gasteiger partial charge in [0.15, 0.2) is 0 Å². The molecule has 0 aromatic heterocycles. The maximum absolute atomic E-state index is 12.6. The fourth-order valence-electron chi connectivity index (χ4n) is 6.12. The van der Waals surface area contributed by atoms with Crippen LogP contribution >= 0.6 is 0 Å². The van der Waals surface area contributed by atoms with Crippen LogP contribution in [-0.4, -0.2) is 50.3 Å². The van der Waals surface area contributed by atoms with Gasteiger partial charge in [0.05, 0.1) is 48.7 Å². The molecular formula is C48H76O8. The van der Waals surface area contributed by atoms with Gasteiger partial charge in [0.25, 0.3) is 0 Å². The molecule has 0 heterocycles. The van der Waals surface area contributed by atoms with Gasteiger partial charge in [0.2, 0.25) is 0 Å². The number of ether oxygens (including phenoxy) is 4. The standard InChI is InChI=1S/C32H54O4.C16H22O4/c1-3-5-7-9-11-13-15-17-19-23-27-35-31(33)29-25-21-22-26-30(29)32(34)36-28-24-20-18-16-14-12-10-8-6-4-2;1-3-5-11-19-15(17)13-9-7-8-10-14(13)16(18)20-12-6-4-2/h21-22,25-26H,3-20,23-24,27-28H2,1-2H3;7-10H,3-6,11-12H2,1-2H3. The molecule has 0 fully saturated rings. The van der Waals surface area contributed by atoms with E-state index >= 15 is 0 Å². The molecule has 56 heavy (non-hydrogen) atoms. The molecule has 0 saturated heterocycles. The largest absolute Gasteiger partial charge is 0.462 e. The van der Waals surface area contributed by atoms with Gasteiger partial charge in [-0.15, -0.1) is 0 Å². The highest BCUT2D eigenvalue weighted by molar-refractivity contribution is 6.03. The highest BCUT2D eigenvalue weighted by Crippen LogP contribution is 2.16. The van der Waals surface area contributed by atoms with E-state index in [-0.39, 0.29) is 11.1 Å². The van der Waals surface area contributed by atoms with Crippen LogP contribution < -0.4 is 0 Å². The second-order valence-electron chi connectivity index (χ2n) is 14.7. The topological polar surface area (TPSA) is 105 Å². The number of esters is 4. The fourth-order valence-corrected chi connectivity index (χ4v) is 6.12. The molecule has 0 spiro atoms. The summed E-state index contributed by atoms with van der Waals surface area (Å²) < 4.78 is 21.2. The molecule has 2 rings (SSSR count). The zero-order valence-corrected chi connectivity index (χ0v) is 35.7. The third-order valence-corrected chi connectivity index (χ3v) is 9.66. The van der Waals surface area contributed by atoms with Crippen molar-refractivity contribution in [1.29, 1.82) is 0 Å². The molecule has 0 atom stereocenters.